The van der Waals surface area contributed by atoms with Gasteiger partial charge < -0.3 is 9.90 Å². The van der Waals surface area contributed by atoms with Crippen molar-refractivity contribution < 1.29 is 44.3 Å². The number of hydrazone groups is 1. The number of aromatic carboxylic acids is 1. The van der Waals surface area contributed by atoms with Crippen LogP contribution in [0.4, 0.5) is 5.69 Å². The molecular formula is C17H12N3NaO3. The Labute approximate surface area is 161 Å². The average Bonchev–Trinajstić information content (AvgIpc) is 2.56. The van der Waals surface area contributed by atoms with Gasteiger partial charge in [0.1, 0.15) is 6.07 Å². The number of anilines is 1. The van der Waals surface area contributed by atoms with Crippen molar-refractivity contribution in [3.63, 3.8) is 0 Å². The molecule has 24 heavy (non-hydrogen) atoms. The van der Waals surface area contributed by atoms with Crippen LogP contribution in [-0.4, -0.2) is 17.5 Å². The van der Waals surface area contributed by atoms with Crippen LogP contribution in [0.15, 0.2) is 53.6 Å². The number of hydrogen-bond acceptors (Lipinski definition) is 6. The Morgan fingerprint density at radius 3 is 2.33 bits per heavy atom. The summed E-state index contributed by atoms with van der Waals surface area (Å²) in [7, 11) is 0. The SMILES string of the molecule is Cc1ccc(C(=O)/C(C#N)=N/Nc2ccccc2C(=O)[O-])cc1.[Na+]. The predicted octanol–water partition coefficient (Wildman–Crippen LogP) is -1.46. The van der Waals surface area contributed by atoms with Crippen molar-refractivity contribution in [2.45, 2.75) is 6.92 Å². The molecule has 0 aliphatic heterocycles. The van der Waals surface area contributed by atoms with Gasteiger partial charge in [-0.3, -0.25) is 10.2 Å². The zero-order chi connectivity index (χ0) is 16.8. The first-order chi connectivity index (χ1) is 11.0. The fourth-order valence-corrected chi connectivity index (χ4v) is 1.84. The van der Waals surface area contributed by atoms with Gasteiger partial charge in [-0.05, 0) is 13.0 Å². The third-order valence-corrected chi connectivity index (χ3v) is 3.07. The number of carbonyl (C=O) groups is 2. The number of nitrogens with zero attached hydrogens (tertiary/aromatic N) is 2. The first-order valence-electron chi connectivity index (χ1n) is 6.68. The minimum absolute atomic E-state index is 0. The van der Waals surface area contributed by atoms with E-state index in [0.29, 0.717) is 5.56 Å². The summed E-state index contributed by atoms with van der Waals surface area (Å²) in [6.07, 6.45) is 0. The van der Waals surface area contributed by atoms with Crippen LogP contribution in [0.2, 0.25) is 0 Å². The van der Waals surface area contributed by atoms with Crippen LogP contribution in [0, 0.1) is 18.3 Å². The molecule has 2 aromatic carbocycles. The number of ketones is 1. The maximum absolute atomic E-state index is 12.2. The molecular weight excluding hydrogens is 317 g/mol. The normalized spacial score (nSPS) is 10.2. The Morgan fingerprint density at radius 2 is 1.75 bits per heavy atom. The summed E-state index contributed by atoms with van der Waals surface area (Å²) in [6, 6.07) is 14.3. The topological polar surface area (TPSA) is 105 Å². The molecule has 0 fully saturated rings. The number of carboxylic acid groups (broad SMARTS) is 1. The molecule has 0 bridgehead atoms. The van der Waals surface area contributed by atoms with E-state index >= 15 is 0 Å². The van der Waals surface area contributed by atoms with Gasteiger partial charge in [0.05, 0.1) is 11.7 Å². The van der Waals surface area contributed by atoms with Gasteiger partial charge in [0.25, 0.3) is 0 Å². The van der Waals surface area contributed by atoms with Crippen LogP contribution in [0.5, 0.6) is 0 Å². The van der Waals surface area contributed by atoms with E-state index in [4.69, 9.17) is 5.26 Å². The van der Waals surface area contributed by atoms with Crippen molar-refractivity contribution in [2.24, 2.45) is 5.10 Å². The first-order valence-corrected chi connectivity index (χ1v) is 6.68. The van der Waals surface area contributed by atoms with Crippen molar-refractivity contribution in [2.75, 3.05) is 5.43 Å². The molecule has 0 radical (unpaired) electrons. The summed E-state index contributed by atoms with van der Waals surface area (Å²) < 4.78 is 0. The molecule has 2 rings (SSSR count). The van der Waals surface area contributed by atoms with E-state index in [2.05, 4.69) is 10.5 Å². The summed E-state index contributed by atoms with van der Waals surface area (Å²) in [5.41, 5.74) is 3.39. The minimum atomic E-state index is -1.38. The molecule has 0 aliphatic rings. The van der Waals surface area contributed by atoms with Gasteiger partial charge in [-0.25, -0.2) is 0 Å². The fourth-order valence-electron chi connectivity index (χ4n) is 1.84. The molecule has 0 spiro atoms. The van der Waals surface area contributed by atoms with E-state index < -0.39 is 11.8 Å². The number of carbonyl (C=O) groups excluding carboxylic acids is 2. The zero-order valence-corrected chi connectivity index (χ0v) is 15.2. The molecule has 7 heteroatoms. The number of carboxylic acids is 1. The minimum Gasteiger partial charge on any atom is -0.545 e. The second kappa shape index (κ2) is 8.99. The molecule has 114 valence electrons. The van der Waals surface area contributed by atoms with Crippen molar-refractivity contribution >= 4 is 23.2 Å². The Bertz CT molecular complexity index is 824. The van der Waals surface area contributed by atoms with Gasteiger partial charge in [-0.1, -0.05) is 48.0 Å². The van der Waals surface area contributed by atoms with Crippen molar-refractivity contribution in [3.05, 3.63) is 65.2 Å². The molecule has 0 atom stereocenters. The van der Waals surface area contributed by atoms with Gasteiger partial charge in [-0.2, -0.15) is 10.4 Å². The summed E-state index contributed by atoms with van der Waals surface area (Å²) in [5, 5.41) is 23.8. The van der Waals surface area contributed by atoms with E-state index in [1.165, 1.54) is 18.2 Å². The first kappa shape index (κ1) is 19.6. The molecule has 0 aliphatic carbocycles. The molecule has 0 amide bonds. The number of Topliss-reactive ketones (excluding diaryl/α,β-unsaturated/α-hetero) is 1. The zero-order valence-electron chi connectivity index (χ0n) is 13.2. The van der Waals surface area contributed by atoms with Gasteiger partial charge in [-0.15, -0.1) is 0 Å². The maximum atomic E-state index is 12.2. The summed E-state index contributed by atoms with van der Waals surface area (Å²) in [5.74, 6) is -1.93. The van der Waals surface area contributed by atoms with Crippen molar-refractivity contribution in [1.82, 2.24) is 0 Å². The van der Waals surface area contributed by atoms with Crippen molar-refractivity contribution in [3.8, 4) is 6.07 Å². The van der Waals surface area contributed by atoms with Crippen LogP contribution >= 0.6 is 0 Å². The summed E-state index contributed by atoms with van der Waals surface area (Å²) in [4.78, 5) is 23.2. The van der Waals surface area contributed by atoms with E-state index in [-0.39, 0.29) is 46.5 Å². The third-order valence-electron chi connectivity index (χ3n) is 3.07. The number of nitrogens with one attached hydrogen (secondary N) is 1. The second-order valence-corrected chi connectivity index (χ2v) is 4.71. The van der Waals surface area contributed by atoms with Gasteiger partial charge in [0.2, 0.25) is 11.5 Å². The quantitative estimate of drug-likeness (QED) is 0.312. The molecule has 0 unspecified atom stereocenters. The number of nitriles is 1. The summed E-state index contributed by atoms with van der Waals surface area (Å²) >= 11 is 0. The van der Waals surface area contributed by atoms with E-state index in [1.54, 1.807) is 36.4 Å². The molecule has 2 aromatic rings. The standard InChI is InChI=1S/C17H13N3O3.Na/c1-11-6-8-12(9-7-11)16(21)15(10-18)20-19-14-5-3-2-4-13(14)17(22)23;/h2-9,19H,1H3,(H,22,23);/q;+1/p-1/b20-15+;. The Morgan fingerprint density at radius 1 is 1.12 bits per heavy atom. The van der Waals surface area contributed by atoms with Crippen LogP contribution in [0.3, 0.4) is 0 Å². The molecule has 0 saturated carbocycles. The molecule has 6 nitrogen and oxygen atoms in total. The number of benzene rings is 2. The monoisotopic (exact) mass is 329 g/mol. The van der Waals surface area contributed by atoms with Crippen LogP contribution in [0.1, 0.15) is 26.3 Å². The Balaban J connectivity index is 0.00000288. The van der Waals surface area contributed by atoms with Crippen LogP contribution in [0.25, 0.3) is 0 Å². The fraction of sp³-hybridized carbons (Fsp3) is 0.0588. The van der Waals surface area contributed by atoms with Crippen LogP contribution in [-0.2, 0) is 0 Å². The Hall–Kier alpha value is -2.46. The number of hydrogen-bond donors (Lipinski definition) is 1. The number of aryl methyl sites for hydroxylation is 1. The average molecular weight is 329 g/mol. The van der Waals surface area contributed by atoms with Gasteiger partial charge >= 0.3 is 29.6 Å². The largest absolute Gasteiger partial charge is 1.00 e. The van der Waals surface area contributed by atoms with E-state index in [9.17, 15) is 14.7 Å². The maximum Gasteiger partial charge on any atom is 1.00 e. The summed E-state index contributed by atoms with van der Waals surface area (Å²) in [6.45, 7) is 1.88. The van der Waals surface area contributed by atoms with Crippen molar-refractivity contribution in [1.29, 1.82) is 5.26 Å². The number of para-hydroxylation sites is 1. The van der Waals surface area contributed by atoms with E-state index in [0.717, 1.165) is 5.56 Å². The van der Waals surface area contributed by atoms with E-state index in [1.807, 2.05) is 6.92 Å². The Kier molecular flexibility index (Phi) is 7.33. The van der Waals surface area contributed by atoms with Gasteiger partial charge in [0.15, 0.2) is 0 Å². The van der Waals surface area contributed by atoms with Gasteiger partial charge in [0, 0.05) is 11.1 Å². The predicted molar refractivity (Wildman–Crippen MR) is 83.0 cm³/mol. The molecule has 0 heterocycles. The molecule has 0 saturated heterocycles. The molecule has 1 N–H and O–H groups in total. The van der Waals surface area contributed by atoms with Crippen LogP contribution < -0.4 is 40.1 Å². The smallest absolute Gasteiger partial charge is 0.545 e. The molecule has 0 aromatic heterocycles. The number of rotatable bonds is 5. The third kappa shape index (κ3) is 4.77. The second-order valence-electron chi connectivity index (χ2n) is 4.71.